The first kappa shape index (κ1) is 20.3. The highest BCUT2D eigenvalue weighted by Crippen LogP contribution is 2.40. The summed E-state index contributed by atoms with van der Waals surface area (Å²) in [6, 6.07) is 5.90. The third-order valence-corrected chi connectivity index (χ3v) is 4.64. The molecule has 0 aliphatic carbocycles. The van der Waals surface area contributed by atoms with Crippen LogP contribution in [0.1, 0.15) is 30.2 Å². The summed E-state index contributed by atoms with van der Waals surface area (Å²) in [7, 11) is 3.30. The number of aryl methyl sites for hydroxylation is 2. The van der Waals surface area contributed by atoms with Gasteiger partial charge >= 0.3 is 0 Å². The van der Waals surface area contributed by atoms with Crippen LogP contribution in [0.25, 0.3) is 0 Å². The Hall–Kier alpha value is -1.98. The lowest BCUT2D eigenvalue weighted by Crippen LogP contribution is -2.24. The van der Waals surface area contributed by atoms with Gasteiger partial charge in [0.25, 0.3) is 5.88 Å². The molecule has 0 saturated carbocycles. The zero-order valence-corrected chi connectivity index (χ0v) is 17.0. The fraction of sp³-hybridized carbons (Fsp3) is 0.450. The van der Waals surface area contributed by atoms with Gasteiger partial charge in [-0.05, 0) is 44.9 Å². The van der Waals surface area contributed by atoms with Crippen molar-refractivity contribution >= 4 is 17.3 Å². The van der Waals surface area contributed by atoms with Gasteiger partial charge in [-0.25, -0.2) is 4.98 Å². The number of pyridine rings is 1. The Morgan fingerprint density at radius 3 is 2.50 bits per heavy atom. The monoisotopic (exact) mass is 378 g/mol. The van der Waals surface area contributed by atoms with E-state index in [4.69, 9.17) is 25.8 Å². The molecule has 0 fully saturated rings. The SMILES string of the molecule is CCC(COC)Nc1cc(C)nc(Oc2c(C)ccc(Cl)c2C)c1OC. The summed E-state index contributed by atoms with van der Waals surface area (Å²) < 4.78 is 17.0. The number of nitrogens with one attached hydrogen (secondary N) is 1. The predicted molar refractivity (Wildman–Crippen MR) is 106 cm³/mol. The molecule has 1 N–H and O–H groups in total. The van der Waals surface area contributed by atoms with Crippen LogP contribution >= 0.6 is 11.6 Å². The topological polar surface area (TPSA) is 52.6 Å². The van der Waals surface area contributed by atoms with Gasteiger partial charge in [0.05, 0.1) is 19.4 Å². The smallest absolute Gasteiger partial charge is 0.265 e. The second-order valence-electron chi connectivity index (χ2n) is 6.27. The lowest BCUT2D eigenvalue weighted by atomic mass is 10.1. The Labute approximate surface area is 160 Å². The van der Waals surface area contributed by atoms with Crippen LogP contribution < -0.4 is 14.8 Å². The first-order valence-electron chi connectivity index (χ1n) is 8.65. The molecule has 1 aromatic carbocycles. The number of methoxy groups -OCH3 is 2. The number of rotatable bonds is 8. The van der Waals surface area contributed by atoms with E-state index in [-0.39, 0.29) is 6.04 Å². The molecule has 1 aromatic heterocycles. The molecular formula is C20H27ClN2O3. The van der Waals surface area contributed by atoms with Crippen LogP contribution in [-0.2, 0) is 4.74 Å². The van der Waals surface area contributed by atoms with Crippen molar-refractivity contribution in [3.05, 3.63) is 40.0 Å². The summed E-state index contributed by atoms with van der Waals surface area (Å²) in [5, 5.41) is 4.12. The van der Waals surface area contributed by atoms with Crippen molar-refractivity contribution in [2.75, 3.05) is 26.1 Å². The molecule has 0 radical (unpaired) electrons. The molecule has 5 nitrogen and oxygen atoms in total. The molecule has 0 bridgehead atoms. The lowest BCUT2D eigenvalue weighted by molar-refractivity contribution is 0.184. The Morgan fingerprint density at radius 2 is 1.88 bits per heavy atom. The van der Waals surface area contributed by atoms with Crippen molar-refractivity contribution in [1.82, 2.24) is 4.98 Å². The van der Waals surface area contributed by atoms with Gasteiger partial charge in [-0.3, -0.25) is 0 Å². The average Bonchev–Trinajstić information content (AvgIpc) is 2.61. The van der Waals surface area contributed by atoms with Gasteiger partial charge in [-0.2, -0.15) is 0 Å². The maximum absolute atomic E-state index is 6.25. The van der Waals surface area contributed by atoms with Crippen LogP contribution in [0, 0.1) is 20.8 Å². The van der Waals surface area contributed by atoms with Crippen LogP contribution in [0.15, 0.2) is 18.2 Å². The second-order valence-corrected chi connectivity index (χ2v) is 6.68. The van der Waals surface area contributed by atoms with E-state index in [1.54, 1.807) is 14.2 Å². The van der Waals surface area contributed by atoms with Crippen molar-refractivity contribution in [3.63, 3.8) is 0 Å². The largest absolute Gasteiger partial charge is 0.490 e. The molecule has 0 aliphatic rings. The van der Waals surface area contributed by atoms with E-state index < -0.39 is 0 Å². The quantitative estimate of drug-likeness (QED) is 0.675. The fourth-order valence-corrected chi connectivity index (χ4v) is 2.89. The van der Waals surface area contributed by atoms with E-state index in [1.165, 1.54) is 0 Å². The van der Waals surface area contributed by atoms with Crippen molar-refractivity contribution in [1.29, 1.82) is 0 Å². The molecule has 0 amide bonds. The van der Waals surface area contributed by atoms with Crippen LogP contribution in [0.4, 0.5) is 5.69 Å². The van der Waals surface area contributed by atoms with Crippen molar-refractivity contribution in [2.24, 2.45) is 0 Å². The van der Waals surface area contributed by atoms with E-state index in [1.807, 2.05) is 39.0 Å². The summed E-state index contributed by atoms with van der Waals surface area (Å²) in [5.74, 6) is 1.67. The van der Waals surface area contributed by atoms with Crippen molar-refractivity contribution in [3.8, 4) is 17.4 Å². The number of benzene rings is 1. The average molecular weight is 379 g/mol. The minimum atomic E-state index is 0.165. The summed E-state index contributed by atoms with van der Waals surface area (Å²) in [6.45, 7) is 8.53. The number of ether oxygens (including phenoxy) is 3. The van der Waals surface area contributed by atoms with Crippen molar-refractivity contribution in [2.45, 2.75) is 40.2 Å². The number of anilines is 1. The summed E-state index contributed by atoms with van der Waals surface area (Å²) in [6.07, 6.45) is 0.918. The maximum Gasteiger partial charge on any atom is 0.265 e. The minimum absolute atomic E-state index is 0.165. The Bertz CT molecular complexity index is 765. The molecule has 26 heavy (non-hydrogen) atoms. The van der Waals surface area contributed by atoms with Crippen LogP contribution in [-0.4, -0.2) is 31.9 Å². The van der Waals surface area contributed by atoms with Gasteiger partial charge in [-0.15, -0.1) is 0 Å². The Kier molecular flexibility index (Phi) is 7.12. The second kappa shape index (κ2) is 9.10. The molecule has 142 valence electrons. The lowest BCUT2D eigenvalue weighted by Gasteiger charge is -2.21. The van der Waals surface area contributed by atoms with E-state index in [2.05, 4.69) is 17.2 Å². The van der Waals surface area contributed by atoms with Crippen LogP contribution in [0.3, 0.4) is 0 Å². The zero-order valence-electron chi connectivity index (χ0n) is 16.3. The van der Waals surface area contributed by atoms with E-state index in [0.29, 0.717) is 29.0 Å². The molecule has 1 heterocycles. The van der Waals surface area contributed by atoms with Crippen LogP contribution in [0.5, 0.6) is 17.4 Å². The molecule has 2 rings (SSSR count). The van der Waals surface area contributed by atoms with Crippen molar-refractivity contribution < 1.29 is 14.2 Å². The predicted octanol–water partition coefficient (Wildman–Crippen LogP) is 5.30. The molecule has 0 saturated heterocycles. The normalized spacial score (nSPS) is 12.0. The minimum Gasteiger partial charge on any atom is -0.490 e. The van der Waals surface area contributed by atoms with Gasteiger partial charge in [0.15, 0.2) is 0 Å². The number of nitrogens with zero attached hydrogens (tertiary/aromatic N) is 1. The standard InChI is InChI=1S/C20H27ClN2O3/c1-7-15(11-24-5)23-17-10-13(3)22-20(19(17)25-6)26-18-12(2)8-9-16(21)14(18)4/h8-10,15H,7,11H2,1-6H3,(H,22,23). The van der Waals surface area contributed by atoms with E-state index in [0.717, 1.165) is 28.9 Å². The van der Waals surface area contributed by atoms with Gasteiger partial charge < -0.3 is 19.5 Å². The number of halogens is 1. The Morgan fingerprint density at radius 1 is 1.15 bits per heavy atom. The third-order valence-electron chi connectivity index (χ3n) is 4.23. The van der Waals surface area contributed by atoms with Gasteiger partial charge in [0.1, 0.15) is 5.75 Å². The van der Waals surface area contributed by atoms with E-state index in [9.17, 15) is 0 Å². The number of hydrogen-bond acceptors (Lipinski definition) is 5. The van der Waals surface area contributed by atoms with Gasteiger partial charge in [-0.1, -0.05) is 24.6 Å². The number of aromatic nitrogens is 1. The zero-order chi connectivity index (χ0) is 19.3. The highest BCUT2D eigenvalue weighted by molar-refractivity contribution is 6.31. The molecule has 2 aromatic rings. The third kappa shape index (κ3) is 4.59. The summed E-state index contributed by atoms with van der Waals surface area (Å²) in [5.41, 5.74) is 3.51. The highest BCUT2D eigenvalue weighted by Gasteiger charge is 2.19. The molecule has 1 unspecified atom stereocenters. The van der Waals surface area contributed by atoms with Crippen LogP contribution in [0.2, 0.25) is 5.02 Å². The van der Waals surface area contributed by atoms with Gasteiger partial charge in [0.2, 0.25) is 5.75 Å². The van der Waals surface area contributed by atoms with Gasteiger partial charge in [0, 0.05) is 29.4 Å². The number of hydrogen-bond donors (Lipinski definition) is 1. The summed E-state index contributed by atoms with van der Waals surface area (Å²) in [4.78, 5) is 4.53. The molecule has 0 spiro atoms. The maximum atomic E-state index is 6.25. The fourth-order valence-electron chi connectivity index (χ4n) is 2.75. The molecule has 1 atom stereocenters. The summed E-state index contributed by atoms with van der Waals surface area (Å²) >= 11 is 6.25. The highest BCUT2D eigenvalue weighted by atomic mass is 35.5. The first-order chi connectivity index (χ1) is 12.4. The molecule has 0 aliphatic heterocycles. The first-order valence-corrected chi connectivity index (χ1v) is 9.03. The van der Waals surface area contributed by atoms with E-state index >= 15 is 0 Å². The molecule has 6 heteroatoms. The Balaban J connectivity index is 2.45. The molecular weight excluding hydrogens is 352 g/mol.